The lowest BCUT2D eigenvalue weighted by molar-refractivity contribution is -0.142. The number of ether oxygens (including phenoxy) is 1. The van der Waals surface area contributed by atoms with Gasteiger partial charge < -0.3 is 15.0 Å². The minimum Gasteiger partial charge on any atom is -0.471 e. The molecule has 2 fully saturated rings. The van der Waals surface area contributed by atoms with E-state index in [0.717, 1.165) is 0 Å². The van der Waals surface area contributed by atoms with Crippen molar-refractivity contribution >= 4 is 23.4 Å². The molecule has 6 nitrogen and oxygen atoms in total. The smallest absolute Gasteiger partial charge is 0.245 e. The number of nitrogens with zero attached hydrogens (tertiary/aromatic N) is 2. The number of hydrogen-bond acceptors (Lipinski definition) is 4. The van der Waals surface area contributed by atoms with Gasteiger partial charge in [0.15, 0.2) is 0 Å². The lowest BCUT2D eigenvalue weighted by Gasteiger charge is -2.39. The summed E-state index contributed by atoms with van der Waals surface area (Å²) in [5, 5.41) is 3.23. The number of pyridine rings is 1. The quantitative estimate of drug-likeness (QED) is 0.886. The van der Waals surface area contributed by atoms with Crippen LogP contribution in [0.25, 0.3) is 0 Å². The molecule has 2 aliphatic rings. The van der Waals surface area contributed by atoms with Crippen LogP contribution in [0.4, 0.5) is 0 Å². The van der Waals surface area contributed by atoms with Gasteiger partial charge >= 0.3 is 0 Å². The Hall–Kier alpha value is -1.82. The highest BCUT2D eigenvalue weighted by Crippen LogP contribution is 2.20. The molecule has 1 aromatic rings. The summed E-state index contributed by atoms with van der Waals surface area (Å²) in [6.45, 7) is 1.05. The molecule has 0 radical (unpaired) electrons. The molecule has 2 saturated heterocycles. The molecule has 3 heterocycles. The van der Waals surface area contributed by atoms with Crippen LogP contribution in [0.5, 0.6) is 5.88 Å². The number of rotatable bonds is 3. The van der Waals surface area contributed by atoms with Gasteiger partial charge in [0, 0.05) is 18.7 Å². The molecule has 1 N–H and O–H groups in total. The molecule has 20 heavy (non-hydrogen) atoms. The number of amides is 2. The van der Waals surface area contributed by atoms with Crippen LogP contribution >= 0.6 is 11.6 Å². The summed E-state index contributed by atoms with van der Waals surface area (Å²) in [5.74, 6) is 0.419. The standard InChI is InChI=1S/C13H14ClN3O3/c14-8-1-4-12(15-5-8)20-9-6-17(7-9)13(19)10-2-3-11(18)16-10/h1,4-5,9-10H,2-3,6-7H2,(H,16,18). The van der Waals surface area contributed by atoms with Crippen LogP contribution in [0, 0.1) is 0 Å². The van der Waals surface area contributed by atoms with Crippen molar-refractivity contribution in [1.29, 1.82) is 0 Å². The molecule has 0 aliphatic carbocycles. The van der Waals surface area contributed by atoms with Gasteiger partial charge in [-0.2, -0.15) is 0 Å². The van der Waals surface area contributed by atoms with E-state index in [1.807, 2.05) is 0 Å². The fourth-order valence-electron chi connectivity index (χ4n) is 2.32. The summed E-state index contributed by atoms with van der Waals surface area (Å²) in [6.07, 6.45) is 2.48. The highest BCUT2D eigenvalue weighted by Gasteiger charge is 2.38. The predicted octanol–water partition coefficient (Wildman–Crippen LogP) is 0.603. The monoisotopic (exact) mass is 295 g/mol. The van der Waals surface area contributed by atoms with Crippen molar-refractivity contribution in [3.05, 3.63) is 23.4 Å². The van der Waals surface area contributed by atoms with Crippen LogP contribution in [-0.4, -0.2) is 46.9 Å². The Morgan fingerprint density at radius 1 is 1.45 bits per heavy atom. The van der Waals surface area contributed by atoms with E-state index in [4.69, 9.17) is 16.3 Å². The first-order valence-corrected chi connectivity index (χ1v) is 6.86. The molecule has 0 aromatic carbocycles. The van der Waals surface area contributed by atoms with Crippen LogP contribution in [0.1, 0.15) is 12.8 Å². The number of nitrogens with one attached hydrogen (secondary N) is 1. The highest BCUT2D eigenvalue weighted by molar-refractivity contribution is 6.30. The first-order chi connectivity index (χ1) is 9.61. The van der Waals surface area contributed by atoms with E-state index in [9.17, 15) is 9.59 Å². The Kier molecular flexibility index (Phi) is 3.48. The Bertz CT molecular complexity index is 528. The molecule has 3 rings (SSSR count). The van der Waals surface area contributed by atoms with Gasteiger partial charge in [0.25, 0.3) is 0 Å². The van der Waals surface area contributed by atoms with Gasteiger partial charge in [-0.05, 0) is 12.5 Å². The van der Waals surface area contributed by atoms with Crippen molar-refractivity contribution in [3.8, 4) is 5.88 Å². The molecule has 2 aliphatic heterocycles. The van der Waals surface area contributed by atoms with Gasteiger partial charge in [0.05, 0.1) is 18.1 Å². The minimum atomic E-state index is -0.364. The van der Waals surface area contributed by atoms with Crippen molar-refractivity contribution in [3.63, 3.8) is 0 Å². The third-order valence-electron chi connectivity index (χ3n) is 3.44. The summed E-state index contributed by atoms with van der Waals surface area (Å²) in [5.41, 5.74) is 0. The zero-order valence-corrected chi connectivity index (χ0v) is 11.5. The largest absolute Gasteiger partial charge is 0.471 e. The number of halogens is 1. The molecule has 0 bridgehead atoms. The first-order valence-electron chi connectivity index (χ1n) is 6.48. The summed E-state index contributed by atoms with van der Waals surface area (Å²) in [6, 6.07) is 3.04. The average Bonchev–Trinajstić information content (AvgIpc) is 2.81. The second-order valence-corrected chi connectivity index (χ2v) is 5.39. The number of likely N-dealkylation sites (tertiary alicyclic amines) is 1. The van der Waals surface area contributed by atoms with Gasteiger partial charge in [-0.25, -0.2) is 4.98 Å². The number of aromatic nitrogens is 1. The average molecular weight is 296 g/mol. The molecule has 0 spiro atoms. The van der Waals surface area contributed by atoms with E-state index < -0.39 is 0 Å². The zero-order valence-electron chi connectivity index (χ0n) is 10.7. The summed E-state index contributed by atoms with van der Waals surface area (Å²) in [7, 11) is 0. The second kappa shape index (κ2) is 5.28. The van der Waals surface area contributed by atoms with E-state index in [-0.39, 0.29) is 24.0 Å². The maximum atomic E-state index is 12.0. The SMILES string of the molecule is O=C1CCC(C(=O)N2CC(Oc3ccc(Cl)cn3)C2)N1. The minimum absolute atomic E-state index is 0.0280. The fourth-order valence-corrected chi connectivity index (χ4v) is 2.43. The number of hydrogen-bond donors (Lipinski definition) is 1. The van der Waals surface area contributed by atoms with Crippen molar-refractivity contribution in [2.24, 2.45) is 0 Å². The summed E-state index contributed by atoms with van der Waals surface area (Å²) < 4.78 is 5.62. The Morgan fingerprint density at radius 3 is 2.85 bits per heavy atom. The van der Waals surface area contributed by atoms with E-state index in [2.05, 4.69) is 10.3 Å². The molecular weight excluding hydrogens is 282 g/mol. The maximum absolute atomic E-state index is 12.0. The van der Waals surface area contributed by atoms with Gasteiger partial charge in [0.1, 0.15) is 12.1 Å². The Balaban J connectivity index is 1.47. The van der Waals surface area contributed by atoms with Gasteiger partial charge in [0.2, 0.25) is 17.7 Å². The van der Waals surface area contributed by atoms with Crippen LogP contribution < -0.4 is 10.1 Å². The number of carbonyl (C=O) groups is 2. The van der Waals surface area contributed by atoms with Crippen LogP contribution in [0.15, 0.2) is 18.3 Å². The molecule has 106 valence electrons. The lowest BCUT2D eigenvalue weighted by Crippen LogP contribution is -2.59. The first kappa shape index (κ1) is 13.2. The van der Waals surface area contributed by atoms with E-state index in [0.29, 0.717) is 36.8 Å². The zero-order chi connectivity index (χ0) is 14.1. The van der Waals surface area contributed by atoms with Gasteiger partial charge in [-0.1, -0.05) is 11.6 Å². The van der Waals surface area contributed by atoms with Gasteiger partial charge in [-0.3, -0.25) is 9.59 Å². The molecule has 1 unspecified atom stereocenters. The lowest BCUT2D eigenvalue weighted by atomic mass is 10.1. The number of carbonyl (C=O) groups excluding carboxylic acids is 2. The molecule has 1 aromatic heterocycles. The summed E-state index contributed by atoms with van der Waals surface area (Å²) in [4.78, 5) is 28.9. The molecule has 0 saturated carbocycles. The Morgan fingerprint density at radius 2 is 2.25 bits per heavy atom. The molecule has 7 heteroatoms. The van der Waals surface area contributed by atoms with Crippen LogP contribution in [0.3, 0.4) is 0 Å². The van der Waals surface area contributed by atoms with Crippen LogP contribution in [0.2, 0.25) is 5.02 Å². The van der Waals surface area contributed by atoms with E-state index in [1.165, 1.54) is 6.20 Å². The third-order valence-corrected chi connectivity index (χ3v) is 3.66. The maximum Gasteiger partial charge on any atom is 0.245 e. The van der Waals surface area contributed by atoms with E-state index in [1.54, 1.807) is 17.0 Å². The normalized spacial score (nSPS) is 22.4. The van der Waals surface area contributed by atoms with Gasteiger partial charge in [-0.15, -0.1) is 0 Å². The molecular formula is C13H14ClN3O3. The van der Waals surface area contributed by atoms with Crippen molar-refractivity contribution in [2.75, 3.05) is 13.1 Å². The van der Waals surface area contributed by atoms with E-state index >= 15 is 0 Å². The highest BCUT2D eigenvalue weighted by atomic mass is 35.5. The van der Waals surface area contributed by atoms with Crippen LogP contribution in [-0.2, 0) is 9.59 Å². The Labute approximate surface area is 121 Å². The van der Waals surface area contributed by atoms with Crippen molar-refractivity contribution in [1.82, 2.24) is 15.2 Å². The third kappa shape index (κ3) is 2.70. The van der Waals surface area contributed by atoms with Crippen molar-refractivity contribution < 1.29 is 14.3 Å². The molecule has 1 atom stereocenters. The summed E-state index contributed by atoms with van der Waals surface area (Å²) >= 11 is 5.74. The predicted molar refractivity (Wildman–Crippen MR) is 71.4 cm³/mol. The fraction of sp³-hybridized carbons (Fsp3) is 0.462. The topological polar surface area (TPSA) is 71.5 Å². The molecule has 2 amide bonds. The second-order valence-electron chi connectivity index (χ2n) is 4.96. The van der Waals surface area contributed by atoms with Crippen molar-refractivity contribution in [2.45, 2.75) is 25.0 Å².